The molecule has 0 bridgehead atoms. The summed E-state index contributed by atoms with van der Waals surface area (Å²) in [5.74, 6) is -1.52. The number of nitrogens with zero attached hydrogens (tertiary/aromatic N) is 2. The van der Waals surface area contributed by atoms with Crippen molar-refractivity contribution in [3.8, 4) is 6.07 Å². The molecule has 2 amide bonds. The number of carbonyl (C=O) groups excluding carboxylic acids is 2. The third kappa shape index (κ3) is 3.46. The first kappa shape index (κ1) is 14.5. The molecule has 0 heterocycles. The monoisotopic (exact) mass is 251 g/mol. The van der Waals surface area contributed by atoms with E-state index in [9.17, 15) is 9.59 Å². The number of carbonyl (C=O) groups is 2. The van der Waals surface area contributed by atoms with Gasteiger partial charge < -0.3 is 10.6 Å². The summed E-state index contributed by atoms with van der Waals surface area (Å²) in [7, 11) is 0. The van der Waals surface area contributed by atoms with Gasteiger partial charge in [-0.05, 0) is 18.8 Å². The zero-order valence-corrected chi connectivity index (χ0v) is 11.1. The molecule has 5 nitrogen and oxygen atoms in total. The van der Waals surface area contributed by atoms with Crippen LogP contribution >= 0.6 is 0 Å². The Bertz CT molecular complexity index is 354. The van der Waals surface area contributed by atoms with Crippen LogP contribution in [0.25, 0.3) is 0 Å². The molecule has 18 heavy (non-hydrogen) atoms. The lowest BCUT2D eigenvalue weighted by atomic mass is 9.95. The van der Waals surface area contributed by atoms with Gasteiger partial charge in [-0.25, -0.2) is 0 Å². The standard InChI is InChI=1S/C13H21N3O2/c1-9(2)11(7-14)13(18)16(8-12(15)17)10-5-3-4-6-10/h9-11H,3-6,8H2,1-2H3,(H2,15,17). The molecule has 0 aromatic heterocycles. The first-order chi connectivity index (χ1) is 8.47. The fraction of sp³-hybridized carbons (Fsp3) is 0.769. The number of hydrogen-bond donors (Lipinski definition) is 1. The minimum absolute atomic E-state index is 0.0562. The Kier molecular flexibility index (Phi) is 5.14. The molecule has 1 atom stereocenters. The van der Waals surface area contributed by atoms with E-state index in [1.54, 1.807) is 0 Å². The molecule has 1 aliphatic carbocycles. The smallest absolute Gasteiger partial charge is 0.240 e. The highest BCUT2D eigenvalue weighted by molar-refractivity contribution is 5.86. The Balaban J connectivity index is 2.84. The van der Waals surface area contributed by atoms with Gasteiger partial charge in [0.15, 0.2) is 0 Å². The molecule has 1 fully saturated rings. The molecular weight excluding hydrogens is 230 g/mol. The van der Waals surface area contributed by atoms with Crippen LogP contribution in [-0.2, 0) is 9.59 Å². The van der Waals surface area contributed by atoms with Crippen molar-refractivity contribution in [3.05, 3.63) is 0 Å². The Hall–Kier alpha value is -1.57. The normalized spacial score (nSPS) is 17.4. The van der Waals surface area contributed by atoms with Gasteiger partial charge in [0.1, 0.15) is 5.92 Å². The minimum Gasteiger partial charge on any atom is -0.368 e. The first-order valence-electron chi connectivity index (χ1n) is 6.45. The van der Waals surface area contributed by atoms with Crippen LogP contribution in [0.2, 0.25) is 0 Å². The fourth-order valence-electron chi connectivity index (χ4n) is 2.44. The van der Waals surface area contributed by atoms with Gasteiger partial charge >= 0.3 is 0 Å². The molecule has 0 aromatic carbocycles. The van der Waals surface area contributed by atoms with Crippen LogP contribution in [0.5, 0.6) is 0 Å². The van der Waals surface area contributed by atoms with Crippen LogP contribution in [0.4, 0.5) is 0 Å². The Morgan fingerprint density at radius 1 is 1.39 bits per heavy atom. The van der Waals surface area contributed by atoms with E-state index in [-0.39, 0.29) is 24.4 Å². The van der Waals surface area contributed by atoms with Crippen molar-refractivity contribution in [2.45, 2.75) is 45.6 Å². The SMILES string of the molecule is CC(C)C(C#N)C(=O)N(CC(N)=O)C1CCCC1. The van der Waals surface area contributed by atoms with Gasteiger partial charge in [-0.15, -0.1) is 0 Å². The van der Waals surface area contributed by atoms with Crippen LogP contribution < -0.4 is 5.73 Å². The largest absolute Gasteiger partial charge is 0.368 e. The molecule has 0 saturated heterocycles. The third-order valence-electron chi connectivity index (χ3n) is 3.45. The van der Waals surface area contributed by atoms with E-state index in [4.69, 9.17) is 11.0 Å². The maximum atomic E-state index is 12.3. The molecule has 1 saturated carbocycles. The van der Waals surface area contributed by atoms with Crippen LogP contribution in [-0.4, -0.2) is 29.3 Å². The van der Waals surface area contributed by atoms with Crippen LogP contribution in [0.15, 0.2) is 0 Å². The lowest BCUT2D eigenvalue weighted by Gasteiger charge is -2.30. The van der Waals surface area contributed by atoms with Gasteiger partial charge in [0.25, 0.3) is 0 Å². The number of rotatable bonds is 5. The third-order valence-corrected chi connectivity index (χ3v) is 3.45. The van der Waals surface area contributed by atoms with Gasteiger partial charge in [-0.1, -0.05) is 26.7 Å². The summed E-state index contributed by atoms with van der Waals surface area (Å²) >= 11 is 0. The van der Waals surface area contributed by atoms with Crippen molar-refractivity contribution in [3.63, 3.8) is 0 Å². The van der Waals surface area contributed by atoms with Crippen molar-refractivity contribution in [2.24, 2.45) is 17.6 Å². The lowest BCUT2D eigenvalue weighted by molar-refractivity contribution is -0.140. The van der Waals surface area contributed by atoms with E-state index < -0.39 is 11.8 Å². The van der Waals surface area contributed by atoms with Crippen LogP contribution in [0.3, 0.4) is 0 Å². The molecular formula is C13H21N3O2. The zero-order valence-electron chi connectivity index (χ0n) is 11.1. The highest BCUT2D eigenvalue weighted by Crippen LogP contribution is 2.26. The number of hydrogen-bond acceptors (Lipinski definition) is 3. The summed E-state index contributed by atoms with van der Waals surface area (Å²) in [6.07, 6.45) is 3.92. The summed E-state index contributed by atoms with van der Waals surface area (Å²) in [6.45, 7) is 3.60. The fourth-order valence-corrected chi connectivity index (χ4v) is 2.44. The Morgan fingerprint density at radius 2 is 1.94 bits per heavy atom. The predicted octanol–water partition coefficient (Wildman–Crippen LogP) is 1.04. The highest BCUT2D eigenvalue weighted by atomic mass is 16.2. The van der Waals surface area contributed by atoms with Crippen molar-refractivity contribution in [1.29, 1.82) is 5.26 Å². The second-order valence-corrected chi connectivity index (χ2v) is 5.22. The summed E-state index contributed by atoms with van der Waals surface area (Å²) in [4.78, 5) is 24.9. The van der Waals surface area contributed by atoms with E-state index >= 15 is 0 Å². The van der Waals surface area contributed by atoms with Crippen molar-refractivity contribution >= 4 is 11.8 Å². The average molecular weight is 251 g/mol. The Morgan fingerprint density at radius 3 is 2.33 bits per heavy atom. The number of nitrogens with two attached hydrogens (primary N) is 1. The van der Waals surface area contributed by atoms with Crippen molar-refractivity contribution in [2.75, 3.05) is 6.54 Å². The topological polar surface area (TPSA) is 87.2 Å². The second-order valence-electron chi connectivity index (χ2n) is 5.22. The molecule has 100 valence electrons. The van der Waals surface area contributed by atoms with Crippen LogP contribution in [0, 0.1) is 23.2 Å². The quantitative estimate of drug-likeness (QED) is 0.791. The Labute approximate surface area is 108 Å². The van der Waals surface area contributed by atoms with Gasteiger partial charge in [0.2, 0.25) is 11.8 Å². The molecule has 1 rings (SSSR count). The van der Waals surface area contributed by atoms with E-state index in [1.165, 1.54) is 4.90 Å². The number of primary amides is 1. The van der Waals surface area contributed by atoms with Crippen LogP contribution in [0.1, 0.15) is 39.5 Å². The van der Waals surface area contributed by atoms with Gasteiger partial charge in [0.05, 0.1) is 12.6 Å². The summed E-state index contributed by atoms with van der Waals surface area (Å²) < 4.78 is 0. The van der Waals surface area contributed by atoms with Gasteiger partial charge in [0, 0.05) is 6.04 Å². The van der Waals surface area contributed by atoms with Crippen molar-refractivity contribution < 1.29 is 9.59 Å². The maximum absolute atomic E-state index is 12.3. The number of amides is 2. The molecule has 0 spiro atoms. The summed E-state index contributed by atoms with van der Waals surface area (Å²) in [5.41, 5.74) is 5.20. The highest BCUT2D eigenvalue weighted by Gasteiger charge is 2.33. The molecule has 5 heteroatoms. The van der Waals surface area contributed by atoms with Gasteiger partial charge in [-0.3, -0.25) is 9.59 Å². The first-order valence-corrected chi connectivity index (χ1v) is 6.45. The summed E-state index contributed by atoms with van der Waals surface area (Å²) in [5, 5.41) is 9.08. The lowest BCUT2D eigenvalue weighted by Crippen LogP contribution is -2.47. The van der Waals surface area contributed by atoms with Gasteiger partial charge in [-0.2, -0.15) is 5.26 Å². The van der Waals surface area contributed by atoms with E-state index in [1.807, 2.05) is 19.9 Å². The van der Waals surface area contributed by atoms with E-state index in [0.29, 0.717) is 0 Å². The maximum Gasteiger partial charge on any atom is 0.240 e. The van der Waals surface area contributed by atoms with E-state index in [0.717, 1.165) is 25.7 Å². The van der Waals surface area contributed by atoms with E-state index in [2.05, 4.69) is 0 Å². The predicted molar refractivity (Wildman–Crippen MR) is 67.1 cm³/mol. The van der Waals surface area contributed by atoms with Crippen molar-refractivity contribution in [1.82, 2.24) is 4.90 Å². The molecule has 1 unspecified atom stereocenters. The molecule has 0 aromatic rings. The number of nitriles is 1. The molecule has 2 N–H and O–H groups in total. The average Bonchev–Trinajstić information content (AvgIpc) is 2.79. The second kappa shape index (κ2) is 6.39. The molecule has 0 radical (unpaired) electrons. The molecule has 1 aliphatic rings. The minimum atomic E-state index is -0.690. The zero-order chi connectivity index (χ0) is 13.7. The summed E-state index contributed by atoms with van der Waals surface area (Å²) in [6, 6.07) is 2.10. The molecule has 0 aliphatic heterocycles.